The Morgan fingerprint density at radius 3 is 2.38 bits per heavy atom. The molecule has 0 saturated heterocycles. The summed E-state index contributed by atoms with van der Waals surface area (Å²) in [6.45, 7) is 5.87. The van der Waals surface area contributed by atoms with Gasteiger partial charge in [0.1, 0.15) is 21.7 Å². The van der Waals surface area contributed by atoms with E-state index in [1.807, 2.05) is 20.8 Å². The van der Waals surface area contributed by atoms with Crippen molar-refractivity contribution in [1.29, 1.82) is 0 Å². The lowest BCUT2D eigenvalue weighted by molar-refractivity contribution is -0.138. The fraction of sp³-hybridized carbons (Fsp3) is 0.417. The van der Waals surface area contributed by atoms with Crippen LogP contribution in [0, 0.1) is 12.8 Å². The molecule has 0 radical (unpaired) electrons. The number of halogens is 3. The second-order valence-corrected chi connectivity index (χ2v) is 9.90. The number of alkyl halides is 3. The minimum atomic E-state index is -4.76. The SMILES string of the molecule is COc1nc(-n2nccn2)c(C(F)(F)F)cc1CC(=O)Cc1cnc2sc(C)nc2c1C(OC)C(C)C. The number of aromatic nitrogens is 6. The van der Waals surface area contributed by atoms with Gasteiger partial charge in [-0.3, -0.25) is 4.79 Å². The summed E-state index contributed by atoms with van der Waals surface area (Å²) in [7, 11) is 2.86. The van der Waals surface area contributed by atoms with Gasteiger partial charge in [0.2, 0.25) is 5.88 Å². The minimum absolute atomic E-state index is 0.00275. The van der Waals surface area contributed by atoms with E-state index in [4.69, 9.17) is 9.47 Å². The Labute approximate surface area is 214 Å². The van der Waals surface area contributed by atoms with E-state index in [0.717, 1.165) is 26.3 Å². The number of hydrogen-bond donors (Lipinski definition) is 0. The third-order valence-electron chi connectivity index (χ3n) is 5.72. The lowest BCUT2D eigenvalue weighted by Crippen LogP contribution is -2.18. The number of methoxy groups -OCH3 is 2. The Morgan fingerprint density at radius 1 is 1.11 bits per heavy atom. The van der Waals surface area contributed by atoms with Gasteiger partial charge in [-0.05, 0) is 24.5 Å². The first-order valence-corrected chi connectivity index (χ1v) is 12.2. The molecule has 4 aromatic rings. The number of pyridine rings is 2. The van der Waals surface area contributed by atoms with Gasteiger partial charge in [-0.1, -0.05) is 25.2 Å². The normalized spacial score (nSPS) is 12.9. The van der Waals surface area contributed by atoms with E-state index in [1.165, 1.54) is 30.8 Å². The van der Waals surface area contributed by atoms with Gasteiger partial charge in [0.25, 0.3) is 0 Å². The Hall–Kier alpha value is -3.45. The Kier molecular flexibility index (Phi) is 7.55. The predicted octanol–water partition coefficient (Wildman–Crippen LogP) is 4.70. The third kappa shape index (κ3) is 5.47. The van der Waals surface area contributed by atoms with Crippen LogP contribution < -0.4 is 4.74 Å². The summed E-state index contributed by atoms with van der Waals surface area (Å²) >= 11 is 1.44. The second kappa shape index (κ2) is 10.5. The number of hydrogen-bond acceptors (Lipinski definition) is 9. The largest absolute Gasteiger partial charge is 0.481 e. The summed E-state index contributed by atoms with van der Waals surface area (Å²) in [5.41, 5.74) is 0.976. The summed E-state index contributed by atoms with van der Waals surface area (Å²) in [6.07, 6.45) is -1.42. The monoisotopic (exact) mass is 534 g/mol. The first kappa shape index (κ1) is 26.6. The van der Waals surface area contributed by atoms with Gasteiger partial charge < -0.3 is 9.47 Å². The molecule has 4 rings (SSSR count). The highest BCUT2D eigenvalue weighted by Gasteiger charge is 2.37. The summed E-state index contributed by atoms with van der Waals surface area (Å²) in [6, 6.07) is 0.862. The van der Waals surface area contributed by atoms with E-state index in [0.29, 0.717) is 11.1 Å². The molecule has 4 aromatic heterocycles. The average Bonchev–Trinajstić information content (AvgIpc) is 3.49. The van der Waals surface area contributed by atoms with Gasteiger partial charge in [0, 0.05) is 37.3 Å². The van der Waals surface area contributed by atoms with Crippen LogP contribution in [0.3, 0.4) is 0 Å². The van der Waals surface area contributed by atoms with E-state index in [-0.39, 0.29) is 42.1 Å². The number of ether oxygens (including phenoxy) is 2. The Bertz CT molecular complexity index is 1420. The predicted molar refractivity (Wildman–Crippen MR) is 130 cm³/mol. The molecule has 13 heteroatoms. The number of carbonyl (C=O) groups excluding carboxylic acids is 1. The van der Waals surface area contributed by atoms with Crippen LogP contribution in [0.2, 0.25) is 0 Å². The van der Waals surface area contributed by atoms with E-state index < -0.39 is 17.6 Å². The lowest BCUT2D eigenvalue weighted by Gasteiger charge is -2.22. The maximum atomic E-state index is 13.9. The molecule has 0 spiro atoms. The van der Waals surface area contributed by atoms with E-state index in [1.54, 1.807) is 13.3 Å². The maximum Gasteiger partial charge on any atom is 0.420 e. The number of nitrogens with zero attached hydrogens (tertiary/aromatic N) is 6. The Morgan fingerprint density at radius 2 is 1.78 bits per heavy atom. The smallest absolute Gasteiger partial charge is 0.420 e. The molecule has 4 heterocycles. The van der Waals surface area contributed by atoms with Crippen LogP contribution in [-0.2, 0) is 28.5 Å². The van der Waals surface area contributed by atoms with Gasteiger partial charge >= 0.3 is 6.18 Å². The fourth-order valence-electron chi connectivity index (χ4n) is 4.22. The second-order valence-electron chi connectivity index (χ2n) is 8.72. The van der Waals surface area contributed by atoms with Crippen LogP contribution in [0.4, 0.5) is 13.2 Å². The van der Waals surface area contributed by atoms with E-state index in [9.17, 15) is 18.0 Å². The molecular formula is C24H25F3N6O3S. The highest BCUT2D eigenvalue weighted by molar-refractivity contribution is 7.18. The quantitative estimate of drug-likeness (QED) is 0.304. The molecule has 0 aliphatic carbocycles. The minimum Gasteiger partial charge on any atom is -0.481 e. The number of fused-ring (bicyclic) bond motifs is 1. The fourth-order valence-corrected chi connectivity index (χ4v) is 5.00. The zero-order chi connectivity index (χ0) is 26.9. The molecule has 9 nitrogen and oxygen atoms in total. The highest BCUT2D eigenvalue weighted by Crippen LogP contribution is 2.37. The molecule has 0 N–H and O–H groups in total. The van der Waals surface area contributed by atoms with Crippen LogP contribution in [0.15, 0.2) is 24.7 Å². The Balaban J connectivity index is 1.72. The van der Waals surface area contributed by atoms with Crippen molar-refractivity contribution in [2.24, 2.45) is 5.92 Å². The zero-order valence-electron chi connectivity index (χ0n) is 20.8. The van der Waals surface area contributed by atoms with Crippen molar-refractivity contribution in [2.45, 2.75) is 45.9 Å². The van der Waals surface area contributed by atoms with Crippen LogP contribution in [-0.4, -0.2) is 49.9 Å². The summed E-state index contributed by atoms with van der Waals surface area (Å²) in [5, 5.41) is 8.34. The number of rotatable bonds is 9. The molecule has 0 aliphatic heterocycles. The first-order valence-electron chi connectivity index (χ1n) is 11.3. The van der Waals surface area contributed by atoms with Crippen molar-refractivity contribution in [3.8, 4) is 11.7 Å². The van der Waals surface area contributed by atoms with Crippen molar-refractivity contribution in [3.05, 3.63) is 51.9 Å². The van der Waals surface area contributed by atoms with Crippen LogP contribution >= 0.6 is 11.3 Å². The molecule has 1 atom stereocenters. The van der Waals surface area contributed by atoms with Gasteiger partial charge in [0.15, 0.2) is 5.82 Å². The molecule has 0 bridgehead atoms. The molecule has 1 unspecified atom stereocenters. The van der Waals surface area contributed by atoms with E-state index in [2.05, 4.69) is 25.1 Å². The zero-order valence-corrected chi connectivity index (χ0v) is 21.6. The van der Waals surface area contributed by atoms with Crippen molar-refractivity contribution in [1.82, 2.24) is 29.9 Å². The number of thiazole rings is 1. The van der Waals surface area contributed by atoms with Crippen molar-refractivity contribution in [3.63, 3.8) is 0 Å². The first-order chi connectivity index (χ1) is 17.5. The lowest BCUT2D eigenvalue weighted by atomic mass is 9.92. The molecule has 196 valence electrons. The van der Waals surface area contributed by atoms with Gasteiger partial charge in [-0.15, -0.1) is 4.80 Å². The number of ketones is 1. The van der Waals surface area contributed by atoms with Gasteiger partial charge in [0.05, 0.1) is 30.6 Å². The summed E-state index contributed by atoms with van der Waals surface area (Å²) < 4.78 is 52.6. The average molecular weight is 535 g/mol. The number of Topliss-reactive ketones (excluding diaryl/α,β-unsaturated/α-hetero) is 1. The van der Waals surface area contributed by atoms with Gasteiger partial charge in [-0.2, -0.15) is 28.4 Å². The molecule has 0 aromatic carbocycles. The molecule has 37 heavy (non-hydrogen) atoms. The third-order valence-corrected chi connectivity index (χ3v) is 6.60. The molecular weight excluding hydrogens is 509 g/mol. The molecule has 0 aliphatic rings. The van der Waals surface area contributed by atoms with Crippen LogP contribution in [0.5, 0.6) is 5.88 Å². The summed E-state index contributed by atoms with van der Waals surface area (Å²) in [4.78, 5) is 27.8. The van der Waals surface area contributed by atoms with Crippen LogP contribution in [0.1, 0.15) is 47.2 Å². The highest BCUT2D eigenvalue weighted by atomic mass is 32.1. The number of aryl methyl sites for hydroxylation is 1. The van der Waals surface area contributed by atoms with Crippen LogP contribution in [0.25, 0.3) is 16.2 Å². The summed E-state index contributed by atoms with van der Waals surface area (Å²) in [5.74, 6) is -0.921. The molecule has 0 saturated carbocycles. The maximum absolute atomic E-state index is 13.9. The molecule has 0 amide bonds. The van der Waals surface area contributed by atoms with Crippen molar-refractivity contribution >= 4 is 27.5 Å². The van der Waals surface area contributed by atoms with E-state index >= 15 is 0 Å². The number of carbonyl (C=O) groups is 1. The van der Waals surface area contributed by atoms with Crippen molar-refractivity contribution in [2.75, 3.05) is 14.2 Å². The van der Waals surface area contributed by atoms with Gasteiger partial charge in [-0.25, -0.2) is 9.97 Å². The van der Waals surface area contributed by atoms with Crippen molar-refractivity contribution < 1.29 is 27.4 Å². The standard InChI is InChI=1S/C24H25F3N6O3S/c1-12(2)20(35-4)18-15(11-28-23-19(18)31-13(3)37-23)9-16(34)8-14-10-17(24(25,26)27)21(32-22(14)36-5)33-29-6-7-30-33/h6-7,10-12,20H,8-9H2,1-5H3. The topological polar surface area (TPSA) is 105 Å². The molecule has 0 fully saturated rings.